The third-order valence-electron chi connectivity index (χ3n) is 5.26. The fourth-order valence-corrected chi connectivity index (χ4v) is 4.63. The molecule has 3 rings (SSSR count). The van der Waals surface area contributed by atoms with Gasteiger partial charge in [-0.3, -0.25) is 4.90 Å². The predicted molar refractivity (Wildman–Crippen MR) is 114 cm³/mol. The molecule has 162 valence electrons. The molecule has 3 atom stereocenters. The first-order chi connectivity index (χ1) is 14.5. The summed E-state index contributed by atoms with van der Waals surface area (Å²) in [6.07, 6.45) is 2.33. The number of carbonyl (C=O) groups excluding carboxylic acids is 1. The highest BCUT2D eigenvalue weighted by atomic mass is 32.1. The molecule has 2 N–H and O–H groups in total. The van der Waals surface area contributed by atoms with Crippen LogP contribution in [-0.4, -0.2) is 42.0 Å². The van der Waals surface area contributed by atoms with Crippen LogP contribution in [0.5, 0.6) is 0 Å². The van der Waals surface area contributed by atoms with Gasteiger partial charge < -0.3 is 19.7 Å². The fourth-order valence-electron chi connectivity index (χ4n) is 3.65. The number of hydrogen-bond donors (Lipinski definition) is 2. The first kappa shape index (κ1) is 22.3. The minimum absolute atomic E-state index is 0.138. The SMILES string of the molecule is CCCCCC(O)c1ccc(N2C(=O)OCC2[C@H](OC)c2ccc(C(=O)O)s2)cc1. The summed E-state index contributed by atoms with van der Waals surface area (Å²) in [5, 5.41) is 19.5. The van der Waals surface area contributed by atoms with E-state index in [9.17, 15) is 19.8 Å². The van der Waals surface area contributed by atoms with Gasteiger partial charge in [0.1, 0.15) is 23.6 Å². The maximum absolute atomic E-state index is 12.5. The Labute approximate surface area is 179 Å². The van der Waals surface area contributed by atoms with Crippen molar-refractivity contribution in [2.75, 3.05) is 18.6 Å². The van der Waals surface area contributed by atoms with Crippen LogP contribution in [-0.2, 0) is 9.47 Å². The van der Waals surface area contributed by atoms with Crippen LogP contribution in [0.3, 0.4) is 0 Å². The van der Waals surface area contributed by atoms with Crippen LogP contribution in [0.4, 0.5) is 10.5 Å². The Kier molecular flexibility index (Phi) is 7.47. The number of benzene rings is 1. The molecular formula is C22H27NO6S. The minimum atomic E-state index is -0.996. The molecule has 0 spiro atoms. The number of carboxylic acids is 1. The van der Waals surface area contributed by atoms with Crippen LogP contribution >= 0.6 is 11.3 Å². The molecule has 1 aromatic heterocycles. The second-order valence-electron chi connectivity index (χ2n) is 7.28. The second kappa shape index (κ2) is 10.1. The molecule has 0 saturated carbocycles. The summed E-state index contributed by atoms with van der Waals surface area (Å²) >= 11 is 1.12. The van der Waals surface area contributed by atoms with Crippen molar-refractivity contribution in [3.05, 3.63) is 51.7 Å². The molecule has 0 bridgehead atoms. The molecule has 30 heavy (non-hydrogen) atoms. The Bertz CT molecular complexity index is 865. The monoisotopic (exact) mass is 433 g/mol. The van der Waals surface area contributed by atoms with Gasteiger partial charge in [0.2, 0.25) is 0 Å². The predicted octanol–water partition coefficient (Wildman–Crippen LogP) is 4.77. The van der Waals surface area contributed by atoms with Gasteiger partial charge in [0, 0.05) is 17.7 Å². The van der Waals surface area contributed by atoms with Crippen LogP contribution in [0.2, 0.25) is 0 Å². The Morgan fingerprint density at radius 2 is 2.00 bits per heavy atom. The van der Waals surface area contributed by atoms with Crippen molar-refractivity contribution in [2.45, 2.75) is 50.9 Å². The number of unbranched alkanes of at least 4 members (excludes halogenated alkanes) is 2. The van der Waals surface area contributed by atoms with Gasteiger partial charge in [0.25, 0.3) is 0 Å². The number of carboxylic acid groups (broad SMARTS) is 1. The topological polar surface area (TPSA) is 96.3 Å². The molecule has 1 saturated heterocycles. The molecule has 1 fully saturated rings. The Morgan fingerprint density at radius 3 is 2.60 bits per heavy atom. The third kappa shape index (κ3) is 4.83. The molecule has 1 amide bonds. The quantitative estimate of drug-likeness (QED) is 0.524. The van der Waals surface area contributed by atoms with Crippen LogP contribution < -0.4 is 4.90 Å². The number of methoxy groups -OCH3 is 1. The summed E-state index contributed by atoms with van der Waals surface area (Å²) in [5.74, 6) is -0.996. The first-order valence-electron chi connectivity index (χ1n) is 10.1. The van der Waals surface area contributed by atoms with E-state index in [1.54, 1.807) is 18.2 Å². The number of hydrogen-bond acceptors (Lipinski definition) is 6. The number of aliphatic hydroxyl groups is 1. The summed E-state index contributed by atoms with van der Waals surface area (Å²) < 4.78 is 10.9. The standard InChI is InChI=1S/C22H27NO6S/c1-3-4-5-6-17(24)14-7-9-15(10-8-14)23-16(13-29-22(23)27)20(28-2)18-11-12-19(30-18)21(25)26/h7-12,16-17,20,24H,3-6,13H2,1-2H3,(H,25,26)/t16?,17?,20-/m0/s1. The summed E-state index contributed by atoms with van der Waals surface area (Å²) in [4.78, 5) is 26.1. The molecule has 2 heterocycles. The second-order valence-corrected chi connectivity index (χ2v) is 8.40. The molecule has 1 aliphatic heterocycles. The largest absolute Gasteiger partial charge is 0.477 e. The van der Waals surface area contributed by atoms with Crippen molar-refractivity contribution in [3.63, 3.8) is 0 Å². The number of carbonyl (C=O) groups is 2. The number of cyclic esters (lactones) is 1. The maximum atomic E-state index is 12.5. The van der Waals surface area contributed by atoms with E-state index in [0.29, 0.717) is 17.0 Å². The average Bonchev–Trinajstić information content (AvgIpc) is 3.37. The zero-order valence-corrected chi connectivity index (χ0v) is 17.9. The minimum Gasteiger partial charge on any atom is -0.477 e. The lowest BCUT2D eigenvalue weighted by Crippen LogP contribution is -2.38. The van der Waals surface area contributed by atoms with E-state index in [1.807, 2.05) is 12.1 Å². The molecule has 8 heteroatoms. The molecule has 0 radical (unpaired) electrons. The van der Waals surface area contributed by atoms with Gasteiger partial charge in [0.15, 0.2) is 0 Å². The third-order valence-corrected chi connectivity index (χ3v) is 6.40. The summed E-state index contributed by atoms with van der Waals surface area (Å²) in [5.41, 5.74) is 1.45. The summed E-state index contributed by atoms with van der Waals surface area (Å²) in [6, 6.07) is 10.0. The fraction of sp³-hybridized carbons (Fsp3) is 0.455. The zero-order valence-electron chi connectivity index (χ0n) is 17.1. The smallest absolute Gasteiger partial charge is 0.414 e. The molecule has 1 aromatic carbocycles. The van der Waals surface area contributed by atoms with Crippen molar-refractivity contribution < 1.29 is 29.3 Å². The molecule has 1 aliphatic rings. The van der Waals surface area contributed by atoms with Crippen molar-refractivity contribution in [3.8, 4) is 0 Å². The number of nitrogens with zero attached hydrogens (tertiary/aromatic N) is 1. The highest BCUT2D eigenvalue weighted by molar-refractivity contribution is 7.14. The van der Waals surface area contributed by atoms with E-state index in [0.717, 1.165) is 36.2 Å². The number of aromatic carboxylic acids is 1. The van der Waals surface area contributed by atoms with Crippen molar-refractivity contribution in [2.24, 2.45) is 0 Å². The van der Waals surface area contributed by atoms with Gasteiger partial charge in [-0.05, 0) is 36.2 Å². The summed E-state index contributed by atoms with van der Waals surface area (Å²) in [6.45, 7) is 2.26. The molecule has 7 nitrogen and oxygen atoms in total. The summed E-state index contributed by atoms with van der Waals surface area (Å²) in [7, 11) is 1.53. The number of aliphatic hydroxyl groups excluding tert-OH is 1. The Morgan fingerprint density at radius 1 is 1.27 bits per heavy atom. The lowest BCUT2D eigenvalue weighted by Gasteiger charge is -2.27. The van der Waals surface area contributed by atoms with Crippen LogP contribution in [0, 0.1) is 0 Å². The highest BCUT2D eigenvalue weighted by Gasteiger charge is 2.41. The van der Waals surface area contributed by atoms with Gasteiger partial charge in [0.05, 0.1) is 6.10 Å². The van der Waals surface area contributed by atoms with E-state index >= 15 is 0 Å². The Hall–Kier alpha value is -2.42. The van der Waals surface area contributed by atoms with Crippen LogP contribution in [0.15, 0.2) is 36.4 Å². The average molecular weight is 434 g/mol. The Balaban J connectivity index is 1.79. The molecule has 2 aromatic rings. The van der Waals surface area contributed by atoms with Gasteiger partial charge >= 0.3 is 12.1 Å². The maximum Gasteiger partial charge on any atom is 0.414 e. The lowest BCUT2D eigenvalue weighted by atomic mass is 10.0. The van der Waals surface area contributed by atoms with Gasteiger partial charge in [-0.15, -0.1) is 11.3 Å². The highest BCUT2D eigenvalue weighted by Crippen LogP contribution is 2.36. The number of amides is 1. The molecule has 2 unspecified atom stereocenters. The molecular weight excluding hydrogens is 406 g/mol. The van der Waals surface area contributed by atoms with Crippen molar-refractivity contribution in [1.82, 2.24) is 0 Å². The van der Waals surface area contributed by atoms with E-state index in [4.69, 9.17) is 9.47 Å². The van der Waals surface area contributed by atoms with Gasteiger partial charge in [-0.25, -0.2) is 9.59 Å². The normalized spacial score (nSPS) is 18.3. The van der Waals surface area contributed by atoms with Crippen molar-refractivity contribution in [1.29, 1.82) is 0 Å². The van der Waals surface area contributed by atoms with Crippen molar-refractivity contribution >= 4 is 29.1 Å². The number of ether oxygens (including phenoxy) is 2. The van der Waals surface area contributed by atoms with E-state index in [-0.39, 0.29) is 11.5 Å². The van der Waals surface area contributed by atoms with Gasteiger partial charge in [-0.1, -0.05) is 38.3 Å². The lowest BCUT2D eigenvalue weighted by molar-refractivity contribution is 0.0702. The van der Waals surface area contributed by atoms with E-state index < -0.39 is 30.3 Å². The van der Waals surface area contributed by atoms with E-state index in [2.05, 4.69) is 6.92 Å². The first-order valence-corrected chi connectivity index (χ1v) is 10.9. The van der Waals surface area contributed by atoms with Gasteiger partial charge in [-0.2, -0.15) is 0 Å². The van der Waals surface area contributed by atoms with Crippen LogP contribution in [0.25, 0.3) is 0 Å². The number of anilines is 1. The number of thiophene rings is 1. The number of rotatable bonds is 10. The molecule has 0 aliphatic carbocycles. The van der Waals surface area contributed by atoms with E-state index in [1.165, 1.54) is 18.1 Å². The van der Waals surface area contributed by atoms with Crippen LogP contribution in [0.1, 0.15) is 64.9 Å². The zero-order chi connectivity index (χ0) is 21.7.